The molecule has 0 aromatic carbocycles. The van der Waals surface area contributed by atoms with Gasteiger partial charge in [0, 0.05) is 6.61 Å². The van der Waals surface area contributed by atoms with E-state index in [4.69, 9.17) is 4.74 Å². The lowest BCUT2D eigenvalue weighted by Gasteiger charge is -1.97. The molecule has 0 aliphatic carbocycles. The van der Waals surface area contributed by atoms with E-state index in [9.17, 15) is 0 Å². The minimum Gasteiger partial charge on any atom is -0.377 e. The number of hydrogen-bond donors (Lipinski definition) is 0. The topological polar surface area (TPSA) is 9.23 Å². The molecule has 0 spiro atoms. The maximum atomic E-state index is 5.15. The van der Waals surface area contributed by atoms with Crippen molar-refractivity contribution in [2.75, 3.05) is 13.2 Å². The number of rotatable bonds is 6. The van der Waals surface area contributed by atoms with Crippen molar-refractivity contribution in [2.24, 2.45) is 0 Å². The summed E-state index contributed by atoms with van der Waals surface area (Å²) >= 11 is 0. The molecule has 0 bridgehead atoms. The molecule has 0 amide bonds. The molecular formula is C8H15O. The summed E-state index contributed by atoms with van der Waals surface area (Å²) in [5.41, 5.74) is 0. The first kappa shape index (κ1) is 8.70. The standard InChI is InChI=1S/C8H15O/c1-3-5-6-8-9-7-4-2/h3-4H,2,5-8H2,1H3. The minimum atomic E-state index is 0.684. The maximum absolute atomic E-state index is 5.15. The van der Waals surface area contributed by atoms with Gasteiger partial charge in [-0.15, -0.1) is 6.58 Å². The second-order valence-corrected chi connectivity index (χ2v) is 1.91. The number of unbranched alkanes of at least 4 members (excludes halogenated alkanes) is 2. The summed E-state index contributed by atoms with van der Waals surface area (Å²) in [5.74, 6) is 0. The molecule has 9 heavy (non-hydrogen) atoms. The average Bonchev–Trinajstić information content (AvgIpc) is 1.89. The van der Waals surface area contributed by atoms with E-state index in [2.05, 4.69) is 19.9 Å². The van der Waals surface area contributed by atoms with Crippen molar-refractivity contribution in [3.05, 3.63) is 19.1 Å². The van der Waals surface area contributed by atoms with Crippen LogP contribution in [0.15, 0.2) is 12.7 Å². The summed E-state index contributed by atoms with van der Waals surface area (Å²) in [6, 6.07) is 0. The molecule has 0 aromatic heterocycles. The van der Waals surface area contributed by atoms with Crippen LogP contribution in [0.4, 0.5) is 0 Å². The third kappa shape index (κ3) is 7.70. The van der Waals surface area contributed by atoms with E-state index < -0.39 is 0 Å². The first-order valence-electron chi connectivity index (χ1n) is 3.38. The van der Waals surface area contributed by atoms with Gasteiger partial charge in [0.15, 0.2) is 0 Å². The molecule has 0 saturated heterocycles. The third-order valence-electron chi connectivity index (χ3n) is 1.02. The molecule has 1 radical (unpaired) electrons. The van der Waals surface area contributed by atoms with Crippen molar-refractivity contribution in [3.8, 4) is 0 Å². The Morgan fingerprint density at radius 2 is 2.33 bits per heavy atom. The second-order valence-electron chi connectivity index (χ2n) is 1.91. The van der Waals surface area contributed by atoms with Crippen molar-refractivity contribution in [1.29, 1.82) is 0 Å². The quantitative estimate of drug-likeness (QED) is 0.392. The van der Waals surface area contributed by atoms with Crippen molar-refractivity contribution >= 4 is 0 Å². The Balaban J connectivity index is 2.66. The number of ether oxygens (including phenoxy) is 1. The van der Waals surface area contributed by atoms with Crippen molar-refractivity contribution in [1.82, 2.24) is 0 Å². The van der Waals surface area contributed by atoms with Gasteiger partial charge in [-0.1, -0.05) is 13.0 Å². The fourth-order valence-electron chi connectivity index (χ4n) is 0.556. The Morgan fingerprint density at radius 3 is 2.89 bits per heavy atom. The van der Waals surface area contributed by atoms with Crippen molar-refractivity contribution in [3.63, 3.8) is 0 Å². The normalized spacial score (nSPS) is 9.44. The predicted octanol–water partition coefficient (Wildman–Crippen LogP) is 2.19. The summed E-state index contributed by atoms with van der Waals surface area (Å²) in [5, 5.41) is 0. The Labute approximate surface area is 57.7 Å². The van der Waals surface area contributed by atoms with Gasteiger partial charge in [-0.2, -0.15) is 0 Å². The van der Waals surface area contributed by atoms with Gasteiger partial charge in [0.25, 0.3) is 0 Å². The summed E-state index contributed by atoms with van der Waals surface area (Å²) < 4.78 is 5.15. The lowest BCUT2D eigenvalue weighted by molar-refractivity contribution is 0.159. The Kier molecular flexibility index (Phi) is 7.44. The van der Waals surface area contributed by atoms with Crippen molar-refractivity contribution in [2.45, 2.75) is 19.8 Å². The Hall–Kier alpha value is -0.300. The monoisotopic (exact) mass is 127 g/mol. The second kappa shape index (κ2) is 7.70. The molecule has 0 N–H and O–H groups in total. The van der Waals surface area contributed by atoms with Gasteiger partial charge in [-0.3, -0.25) is 0 Å². The van der Waals surface area contributed by atoms with Gasteiger partial charge in [-0.05, 0) is 19.3 Å². The van der Waals surface area contributed by atoms with E-state index in [-0.39, 0.29) is 0 Å². The highest BCUT2D eigenvalue weighted by atomic mass is 16.5. The van der Waals surface area contributed by atoms with Gasteiger partial charge >= 0.3 is 0 Å². The molecule has 1 nitrogen and oxygen atoms in total. The van der Waals surface area contributed by atoms with Crippen LogP contribution in [0.1, 0.15) is 19.8 Å². The molecule has 0 aliphatic rings. The van der Waals surface area contributed by atoms with Gasteiger partial charge in [0.2, 0.25) is 0 Å². The molecule has 0 saturated carbocycles. The van der Waals surface area contributed by atoms with Crippen LogP contribution in [0.25, 0.3) is 0 Å². The van der Waals surface area contributed by atoms with Crippen LogP contribution in [0.3, 0.4) is 0 Å². The van der Waals surface area contributed by atoms with Gasteiger partial charge in [0.1, 0.15) is 0 Å². The summed E-state index contributed by atoms with van der Waals surface area (Å²) in [4.78, 5) is 0. The highest BCUT2D eigenvalue weighted by Gasteiger charge is 1.83. The molecule has 0 fully saturated rings. The SMILES string of the molecule is C=CCOCCC[CH]C. The highest BCUT2D eigenvalue weighted by Crippen LogP contribution is 1.92. The van der Waals surface area contributed by atoms with Crippen LogP contribution in [0.2, 0.25) is 0 Å². The molecule has 0 heterocycles. The predicted molar refractivity (Wildman–Crippen MR) is 40.2 cm³/mol. The fraction of sp³-hybridized carbons (Fsp3) is 0.625. The molecule has 0 unspecified atom stereocenters. The van der Waals surface area contributed by atoms with Crippen LogP contribution in [-0.4, -0.2) is 13.2 Å². The van der Waals surface area contributed by atoms with E-state index in [0.29, 0.717) is 6.61 Å². The lowest BCUT2D eigenvalue weighted by atomic mass is 10.3. The summed E-state index contributed by atoms with van der Waals surface area (Å²) in [7, 11) is 0. The lowest BCUT2D eigenvalue weighted by Crippen LogP contribution is -1.93. The zero-order valence-corrected chi connectivity index (χ0v) is 6.10. The van der Waals surface area contributed by atoms with E-state index >= 15 is 0 Å². The zero-order chi connectivity index (χ0) is 6.95. The summed E-state index contributed by atoms with van der Waals surface area (Å²) in [6.07, 6.45) is 6.20. The Bertz CT molecular complexity index is 59.6. The number of hydrogen-bond acceptors (Lipinski definition) is 1. The van der Waals surface area contributed by atoms with Crippen LogP contribution < -0.4 is 0 Å². The molecular weight excluding hydrogens is 112 g/mol. The fourth-order valence-corrected chi connectivity index (χ4v) is 0.556. The highest BCUT2D eigenvalue weighted by molar-refractivity contribution is 4.64. The van der Waals surface area contributed by atoms with E-state index in [1.165, 1.54) is 0 Å². The molecule has 0 rings (SSSR count). The molecule has 53 valence electrons. The molecule has 0 aliphatic heterocycles. The average molecular weight is 127 g/mol. The van der Waals surface area contributed by atoms with Crippen LogP contribution in [-0.2, 0) is 4.74 Å². The van der Waals surface area contributed by atoms with Crippen LogP contribution in [0, 0.1) is 6.42 Å². The minimum absolute atomic E-state index is 0.684. The first-order valence-corrected chi connectivity index (χ1v) is 3.38. The Morgan fingerprint density at radius 1 is 1.56 bits per heavy atom. The maximum Gasteiger partial charge on any atom is 0.0644 e. The molecule has 0 atom stereocenters. The molecule has 1 heteroatoms. The zero-order valence-electron chi connectivity index (χ0n) is 6.10. The van der Waals surface area contributed by atoms with E-state index in [1.807, 2.05) is 0 Å². The van der Waals surface area contributed by atoms with E-state index in [0.717, 1.165) is 19.4 Å². The van der Waals surface area contributed by atoms with Gasteiger partial charge in [0.05, 0.1) is 6.61 Å². The largest absolute Gasteiger partial charge is 0.377 e. The smallest absolute Gasteiger partial charge is 0.0644 e. The van der Waals surface area contributed by atoms with Crippen LogP contribution in [0.5, 0.6) is 0 Å². The van der Waals surface area contributed by atoms with Gasteiger partial charge < -0.3 is 4.74 Å². The van der Waals surface area contributed by atoms with Crippen LogP contribution >= 0.6 is 0 Å². The molecule has 0 aromatic rings. The third-order valence-corrected chi connectivity index (χ3v) is 1.02. The van der Waals surface area contributed by atoms with E-state index in [1.54, 1.807) is 6.08 Å². The van der Waals surface area contributed by atoms with Gasteiger partial charge in [-0.25, -0.2) is 0 Å². The first-order chi connectivity index (χ1) is 4.41. The summed E-state index contributed by atoms with van der Waals surface area (Å²) in [6.45, 7) is 7.15. The van der Waals surface area contributed by atoms with Crippen molar-refractivity contribution < 1.29 is 4.74 Å².